The molecule has 1 amide bonds. The molecule has 0 spiro atoms. The molecule has 2 aliphatic heterocycles. The minimum Gasteiger partial charge on any atom is -0.341 e. The highest BCUT2D eigenvalue weighted by molar-refractivity contribution is 5.93. The Kier molecular flexibility index (Phi) is 4.25. The van der Waals surface area contributed by atoms with Crippen LogP contribution < -0.4 is 9.80 Å². The van der Waals surface area contributed by atoms with Crippen molar-refractivity contribution in [2.45, 2.75) is 64.0 Å². The number of amides is 1. The van der Waals surface area contributed by atoms with Crippen LogP contribution in [0.3, 0.4) is 0 Å². The second-order valence-electron chi connectivity index (χ2n) is 8.45. The summed E-state index contributed by atoms with van der Waals surface area (Å²) in [5.74, 6) is 3.06. The Bertz CT molecular complexity index is 1130. The summed E-state index contributed by atoms with van der Waals surface area (Å²) in [5.41, 5.74) is 0.902. The van der Waals surface area contributed by atoms with Crippen LogP contribution >= 0.6 is 0 Å². The first-order chi connectivity index (χ1) is 15.3. The lowest BCUT2D eigenvalue weighted by molar-refractivity contribution is -0.117. The van der Waals surface area contributed by atoms with Crippen LogP contribution in [-0.2, 0) is 4.79 Å². The van der Waals surface area contributed by atoms with Crippen LogP contribution in [0.25, 0.3) is 11.6 Å². The first-order valence-electron chi connectivity index (χ1n) is 11.2. The van der Waals surface area contributed by atoms with Crippen LogP contribution in [0.5, 0.6) is 0 Å². The zero-order valence-electron chi connectivity index (χ0n) is 17.6. The number of carbonyl (C=O) groups is 1. The van der Waals surface area contributed by atoms with Gasteiger partial charge in [0.2, 0.25) is 17.8 Å². The van der Waals surface area contributed by atoms with Gasteiger partial charge < -0.3 is 4.90 Å². The van der Waals surface area contributed by atoms with Gasteiger partial charge in [-0.15, -0.1) is 10.2 Å². The monoisotopic (exact) mass is 419 g/mol. The molecule has 0 bridgehead atoms. The first kappa shape index (κ1) is 18.5. The quantitative estimate of drug-likeness (QED) is 0.641. The Balaban J connectivity index is 1.49. The lowest BCUT2D eigenvalue weighted by Gasteiger charge is -2.40. The van der Waals surface area contributed by atoms with Crippen LogP contribution in [0.15, 0.2) is 24.9 Å². The zero-order valence-corrected chi connectivity index (χ0v) is 17.6. The predicted molar refractivity (Wildman–Crippen MR) is 113 cm³/mol. The average molecular weight is 419 g/mol. The second-order valence-corrected chi connectivity index (χ2v) is 8.45. The summed E-state index contributed by atoms with van der Waals surface area (Å²) in [6, 6.07) is 0.558. The van der Waals surface area contributed by atoms with E-state index in [0.717, 1.165) is 43.0 Å². The summed E-state index contributed by atoms with van der Waals surface area (Å²) >= 11 is 0. The number of hydrogen-bond donors (Lipinski definition) is 0. The molecule has 0 radical (unpaired) electrons. The maximum Gasteiger partial charge on any atom is 0.238 e. The fourth-order valence-electron chi connectivity index (χ4n) is 5.26. The molecule has 6 rings (SSSR count). The molecule has 160 valence electrons. The van der Waals surface area contributed by atoms with Crippen molar-refractivity contribution < 1.29 is 4.79 Å². The normalized spacial score (nSPS) is 21.1. The van der Waals surface area contributed by atoms with E-state index in [1.807, 2.05) is 21.5 Å². The van der Waals surface area contributed by atoms with Gasteiger partial charge in [0.15, 0.2) is 11.6 Å². The van der Waals surface area contributed by atoms with E-state index in [-0.39, 0.29) is 11.9 Å². The number of aromatic nitrogens is 7. The highest BCUT2D eigenvalue weighted by Crippen LogP contribution is 2.42. The molecule has 1 atom stereocenters. The van der Waals surface area contributed by atoms with Crippen molar-refractivity contribution in [1.82, 2.24) is 34.3 Å². The number of nitrogens with zero attached hydrogens (tertiary/aromatic N) is 9. The van der Waals surface area contributed by atoms with Gasteiger partial charge in [0.1, 0.15) is 12.0 Å². The Labute approximate surface area is 179 Å². The van der Waals surface area contributed by atoms with Crippen molar-refractivity contribution >= 4 is 17.7 Å². The van der Waals surface area contributed by atoms with E-state index in [0.29, 0.717) is 30.9 Å². The molecule has 1 aliphatic carbocycles. The molecule has 2 fully saturated rings. The summed E-state index contributed by atoms with van der Waals surface area (Å²) in [7, 11) is 0. The number of fused-ring (bicyclic) bond motifs is 3. The standard InChI is InChI=1S/C21H25N9O/c1-2-15-19-26-24-13-29(19)16-12-23-20(25-18(16)30(15)14-6-3-4-7-14)28-11-9-22-21(28)27-10-5-8-17(27)31/h9,11-15H,2-8,10H2,1H3/t15-/m1/s1. The molecule has 5 heterocycles. The zero-order chi connectivity index (χ0) is 20.9. The molecular formula is C21H25N9O. The largest absolute Gasteiger partial charge is 0.341 e. The van der Waals surface area contributed by atoms with Crippen LogP contribution in [0.1, 0.15) is 63.7 Å². The summed E-state index contributed by atoms with van der Waals surface area (Å²) in [6.07, 6.45) is 14.2. The van der Waals surface area contributed by atoms with Crippen molar-refractivity contribution in [3.8, 4) is 11.6 Å². The lowest BCUT2D eigenvalue weighted by Crippen LogP contribution is -2.42. The molecule has 1 saturated carbocycles. The Morgan fingerprint density at radius 1 is 1.13 bits per heavy atom. The third-order valence-electron chi connectivity index (χ3n) is 6.71. The van der Waals surface area contributed by atoms with E-state index in [1.54, 1.807) is 17.4 Å². The smallest absolute Gasteiger partial charge is 0.238 e. The van der Waals surface area contributed by atoms with Gasteiger partial charge in [0.05, 0.1) is 12.2 Å². The Morgan fingerprint density at radius 2 is 2.00 bits per heavy atom. The van der Waals surface area contributed by atoms with E-state index in [4.69, 9.17) is 4.98 Å². The third kappa shape index (κ3) is 2.77. The van der Waals surface area contributed by atoms with E-state index in [9.17, 15) is 4.79 Å². The molecule has 3 aromatic rings. The first-order valence-corrected chi connectivity index (χ1v) is 11.2. The number of anilines is 2. The average Bonchev–Trinajstić information content (AvgIpc) is 3.59. The van der Waals surface area contributed by atoms with Gasteiger partial charge >= 0.3 is 0 Å². The summed E-state index contributed by atoms with van der Waals surface area (Å²) in [4.78, 5) is 30.6. The molecular weight excluding hydrogens is 394 g/mol. The molecule has 0 aromatic carbocycles. The minimum absolute atomic E-state index is 0.0955. The second kappa shape index (κ2) is 7.14. The van der Waals surface area contributed by atoms with Gasteiger partial charge in [-0.05, 0) is 25.7 Å². The van der Waals surface area contributed by atoms with E-state index < -0.39 is 0 Å². The van der Waals surface area contributed by atoms with Gasteiger partial charge in [-0.2, -0.15) is 4.98 Å². The molecule has 0 unspecified atom stereocenters. The van der Waals surface area contributed by atoms with Crippen LogP contribution in [-0.4, -0.2) is 52.8 Å². The van der Waals surface area contributed by atoms with Crippen molar-refractivity contribution in [3.05, 3.63) is 30.7 Å². The molecule has 3 aromatic heterocycles. The third-order valence-corrected chi connectivity index (χ3v) is 6.71. The van der Waals surface area contributed by atoms with Crippen LogP contribution in [0.2, 0.25) is 0 Å². The fourth-order valence-corrected chi connectivity index (χ4v) is 5.26. The van der Waals surface area contributed by atoms with E-state index >= 15 is 0 Å². The SMILES string of the molecule is CC[C@@H]1c2nncn2-c2cnc(-n3ccnc3N3CCCC3=O)nc2N1C1CCCC1. The number of imidazole rings is 1. The number of hydrogen-bond acceptors (Lipinski definition) is 7. The maximum atomic E-state index is 12.3. The minimum atomic E-state index is 0.0955. The summed E-state index contributed by atoms with van der Waals surface area (Å²) < 4.78 is 3.83. The van der Waals surface area contributed by atoms with E-state index in [2.05, 4.69) is 32.0 Å². The van der Waals surface area contributed by atoms with Crippen molar-refractivity contribution in [2.24, 2.45) is 0 Å². The topological polar surface area (TPSA) is 97.9 Å². The molecule has 0 N–H and O–H groups in total. The number of rotatable bonds is 4. The van der Waals surface area contributed by atoms with Gasteiger partial charge in [-0.1, -0.05) is 19.8 Å². The van der Waals surface area contributed by atoms with Gasteiger partial charge in [-0.25, -0.2) is 9.97 Å². The molecule has 31 heavy (non-hydrogen) atoms. The Morgan fingerprint density at radius 3 is 2.77 bits per heavy atom. The molecule has 10 heteroatoms. The highest BCUT2D eigenvalue weighted by Gasteiger charge is 2.39. The van der Waals surface area contributed by atoms with E-state index in [1.165, 1.54) is 12.8 Å². The molecule has 10 nitrogen and oxygen atoms in total. The van der Waals surface area contributed by atoms with Crippen molar-refractivity contribution in [3.63, 3.8) is 0 Å². The fraction of sp³-hybridized carbons (Fsp3) is 0.524. The Hall–Kier alpha value is -3.30. The predicted octanol–water partition coefficient (Wildman–Crippen LogP) is 2.58. The maximum absolute atomic E-state index is 12.3. The summed E-state index contributed by atoms with van der Waals surface area (Å²) in [5, 5.41) is 8.61. The van der Waals surface area contributed by atoms with Crippen LogP contribution in [0.4, 0.5) is 11.8 Å². The van der Waals surface area contributed by atoms with Crippen LogP contribution in [0, 0.1) is 0 Å². The molecule has 3 aliphatic rings. The van der Waals surface area contributed by atoms with Gasteiger partial charge in [0, 0.05) is 31.4 Å². The number of carbonyl (C=O) groups excluding carboxylic acids is 1. The van der Waals surface area contributed by atoms with Crippen molar-refractivity contribution in [2.75, 3.05) is 16.3 Å². The van der Waals surface area contributed by atoms with Gasteiger partial charge in [-0.3, -0.25) is 18.8 Å². The summed E-state index contributed by atoms with van der Waals surface area (Å²) in [6.45, 7) is 2.86. The molecule has 1 saturated heterocycles. The lowest BCUT2D eigenvalue weighted by atomic mass is 10.0. The highest BCUT2D eigenvalue weighted by atomic mass is 16.2. The van der Waals surface area contributed by atoms with Gasteiger partial charge in [0.25, 0.3) is 0 Å². The van der Waals surface area contributed by atoms with Crippen molar-refractivity contribution in [1.29, 1.82) is 0 Å².